The molecule has 118 valence electrons. The molecule has 1 aromatic carbocycles. The number of aliphatic hydroxyl groups excluding tert-OH is 1. The van der Waals surface area contributed by atoms with Gasteiger partial charge in [-0.3, -0.25) is 0 Å². The third-order valence-electron chi connectivity index (χ3n) is 4.30. The molecule has 0 bridgehead atoms. The summed E-state index contributed by atoms with van der Waals surface area (Å²) in [5.41, 5.74) is 0.893. The Morgan fingerprint density at radius 1 is 1.14 bits per heavy atom. The van der Waals surface area contributed by atoms with Gasteiger partial charge in [0.2, 0.25) is 0 Å². The van der Waals surface area contributed by atoms with Gasteiger partial charge >= 0.3 is 0 Å². The summed E-state index contributed by atoms with van der Waals surface area (Å²) < 4.78 is 11.4. The number of benzene rings is 1. The van der Waals surface area contributed by atoms with Crippen molar-refractivity contribution in [2.24, 2.45) is 5.92 Å². The number of hydrogen-bond donors (Lipinski definition) is 1. The van der Waals surface area contributed by atoms with Gasteiger partial charge in [-0.2, -0.15) is 0 Å². The molecule has 1 N–H and O–H groups in total. The van der Waals surface area contributed by atoms with E-state index >= 15 is 0 Å². The summed E-state index contributed by atoms with van der Waals surface area (Å²) in [4.78, 5) is 0. The van der Waals surface area contributed by atoms with E-state index in [0.717, 1.165) is 24.2 Å². The van der Waals surface area contributed by atoms with Crippen LogP contribution in [0.25, 0.3) is 0 Å². The van der Waals surface area contributed by atoms with Gasteiger partial charge in [0.1, 0.15) is 11.9 Å². The number of hydrogen-bond acceptors (Lipinski definition) is 3. The highest BCUT2D eigenvalue weighted by atomic mass is 16.5. The van der Waals surface area contributed by atoms with Gasteiger partial charge in [0, 0.05) is 6.61 Å². The van der Waals surface area contributed by atoms with Gasteiger partial charge in [-0.05, 0) is 50.3 Å². The molecule has 3 heteroatoms. The van der Waals surface area contributed by atoms with Crippen molar-refractivity contribution in [2.75, 3.05) is 13.2 Å². The van der Waals surface area contributed by atoms with E-state index in [2.05, 4.69) is 0 Å². The van der Waals surface area contributed by atoms with Crippen molar-refractivity contribution in [1.29, 1.82) is 0 Å². The van der Waals surface area contributed by atoms with E-state index < -0.39 is 6.10 Å². The summed E-state index contributed by atoms with van der Waals surface area (Å²) in [5, 5.41) is 10.8. The minimum Gasteiger partial charge on any atom is -0.494 e. The fourth-order valence-corrected chi connectivity index (χ4v) is 3.28. The van der Waals surface area contributed by atoms with Crippen LogP contribution in [0.15, 0.2) is 24.3 Å². The van der Waals surface area contributed by atoms with Gasteiger partial charge in [-0.25, -0.2) is 0 Å². The van der Waals surface area contributed by atoms with Crippen LogP contribution in [-0.4, -0.2) is 24.4 Å². The average Bonchev–Trinajstić information content (AvgIpc) is 2.53. The van der Waals surface area contributed by atoms with Crippen molar-refractivity contribution in [3.05, 3.63) is 29.8 Å². The Hall–Kier alpha value is -1.06. The standard InChI is InChI=1S/C18H28O3/c1-3-20-16-12-8-11-15(13-16)17(19)18(21-4-2)14-9-6-5-7-10-14/h8,11-14,17-19H,3-7,9-10H2,1-2H3. The Morgan fingerprint density at radius 2 is 1.90 bits per heavy atom. The summed E-state index contributed by atoms with van der Waals surface area (Å²) in [7, 11) is 0. The molecule has 1 aliphatic rings. The van der Waals surface area contributed by atoms with E-state index in [0.29, 0.717) is 19.1 Å². The van der Waals surface area contributed by atoms with Crippen molar-refractivity contribution in [2.45, 2.75) is 58.2 Å². The zero-order valence-electron chi connectivity index (χ0n) is 13.3. The SMILES string of the molecule is CCOc1cccc(C(O)C(OCC)C2CCCCC2)c1. The third kappa shape index (κ3) is 4.45. The van der Waals surface area contributed by atoms with E-state index in [-0.39, 0.29) is 6.10 Å². The maximum Gasteiger partial charge on any atom is 0.119 e. The lowest BCUT2D eigenvalue weighted by atomic mass is 9.82. The molecule has 0 amide bonds. The van der Waals surface area contributed by atoms with Crippen LogP contribution in [0.3, 0.4) is 0 Å². The van der Waals surface area contributed by atoms with Gasteiger partial charge in [-0.1, -0.05) is 31.4 Å². The van der Waals surface area contributed by atoms with Gasteiger partial charge in [0.25, 0.3) is 0 Å². The molecule has 0 heterocycles. The van der Waals surface area contributed by atoms with Crippen molar-refractivity contribution >= 4 is 0 Å². The van der Waals surface area contributed by atoms with E-state index in [1.54, 1.807) is 0 Å². The van der Waals surface area contributed by atoms with E-state index in [4.69, 9.17) is 9.47 Å². The first-order chi connectivity index (χ1) is 10.3. The Kier molecular flexibility index (Phi) is 6.52. The molecule has 1 saturated carbocycles. The van der Waals surface area contributed by atoms with Crippen molar-refractivity contribution in [1.82, 2.24) is 0 Å². The second kappa shape index (κ2) is 8.40. The smallest absolute Gasteiger partial charge is 0.119 e. The zero-order valence-corrected chi connectivity index (χ0v) is 13.3. The topological polar surface area (TPSA) is 38.7 Å². The average molecular weight is 292 g/mol. The summed E-state index contributed by atoms with van der Waals surface area (Å²) in [6.07, 6.45) is 5.45. The summed E-state index contributed by atoms with van der Waals surface area (Å²) in [5.74, 6) is 1.28. The maximum absolute atomic E-state index is 10.8. The molecular weight excluding hydrogens is 264 g/mol. The highest BCUT2D eigenvalue weighted by molar-refractivity contribution is 5.30. The molecule has 1 aliphatic carbocycles. The largest absolute Gasteiger partial charge is 0.494 e. The molecular formula is C18H28O3. The van der Waals surface area contributed by atoms with Crippen molar-refractivity contribution in [3.63, 3.8) is 0 Å². The van der Waals surface area contributed by atoms with Crippen molar-refractivity contribution in [3.8, 4) is 5.75 Å². The lowest BCUT2D eigenvalue weighted by Crippen LogP contribution is -2.32. The Bertz CT molecular complexity index is 413. The van der Waals surface area contributed by atoms with Gasteiger partial charge < -0.3 is 14.6 Å². The quantitative estimate of drug-likeness (QED) is 0.822. The van der Waals surface area contributed by atoms with Crippen LogP contribution < -0.4 is 4.74 Å². The first-order valence-corrected chi connectivity index (χ1v) is 8.28. The Balaban J connectivity index is 2.12. The molecule has 1 aromatic rings. The van der Waals surface area contributed by atoms with Gasteiger partial charge in [0.05, 0.1) is 12.7 Å². The molecule has 1 fully saturated rings. The molecule has 0 aromatic heterocycles. The minimum atomic E-state index is -0.576. The predicted octanol–water partition coefficient (Wildman–Crippen LogP) is 4.10. The van der Waals surface area contributed by atoms with Gasteiger partial charge in [0.15, 0.2) is 0 Å². The monoisotopic (exact) mass is 292 g/mol. The number of rotatable bonds is 7. The first kappa shape index (κ1) is 16.3. The lowest BCUT2D eigenvalue weighted by Gasteiger charge is -2.33. The second-order valence-electron chi connectivity index (χ2n) is 5.77. The highest BCUT2D eigenvalue weighted by Crippen LogP contribution is 2.35. The van der Waals surface area contributed by atoms with E-state index in [9.17, 15) is 5.11 Å². The van der Waals surface area contributed by atoms with Crippen LogP contribution >= 0.6 is 0 Å². The lowest BCUT2D eigenvalue weighted by molar-refractivity contribution is -0.0739. The summed E-state index contributed by atoms with van der Waals surface area (Å²) in [6.45, 7) is 5.24. The highest BCUT2D eigenvalue weighted by Gasteiger charge is 2.31. The van der Waals surface area contributed by atoms with Crippen LogP contribution in [0.5, 0.6) is 5.75 Å². The minimum absolute atomic E-state index is 0.104. The van der Waals surface area contributed by atoms with Crippen LogP contribution in [0.1, 0.15) is 57.6 Å². The fraction of sp³-hybridized carbons (Fsp3) is 0.667. The first-order valence-electron chi connectivity index (χ1n) is 8.28. The number of aliphatic hydroxyl groups is 1. The molecule has 3 nitrogen and oxygen atoms in total. The summed E-state index contributed by atoms with van der Waals surface area (Å²) >= 11 is 0. The normalized spacial score (nSPS) is 19.2. The third-order valence-corrected chi connectivity index (χ3v) is 4.30. The molecule has 2 rings (SSSR count). The molecule has 0 spiro atoms. The Labute approximate surface area is 128 Å². The molecule has 0 saturated heterocycles. The molecule has 2 atom stereocenters. The molecule has 21 heavy (non-hydrogen) atoms. The van der Waals surface area contributed by atoms with Crippen LogP contribution in [-0.2, 0) is 4.74 Å². The van der Waals surface area contributed by atoms with Crippen molar-refractivity contribution < 1.29 is 14.6 Å². The molecule has 0 radical (unpaired) electrons. The van der Waals surface area contributed by atoms with Gasteiger partial charge in [-0.15, -0.1) is 0 Å². The fourth-order valence-electron chi connectivity index (χ4n) is 3.28. The predicted molar refractivity (Wildman–Crippen MR) is 84.6 cm³/mol. The van der Waals surface area contributed by atoms with E-state index in [1.165, 1.54) is 19.3 Å². The Morgan fingerprint density at radius 3 is 2.57 bits per heavy atom. The van der Waals surface area contributed by atoms with Crippen LogP contribution in [0.2, 0.25) is 0 Å². The molecule has 0 aliphatic heterocycles. The van der Waals surface area contributed by atoms with E-state index in [1.807, 2.05) is 38.1 Å². The summed E-state index contributed by atoms with van der Waals surface area (Å²) in [6, 6.07) is 7.76. The molecule has 2 unspecified atom stereocenters. The zero-order chi connectivity index (χ0) is 15.1. The van der Waals surface area contributed by atoms with Crippen LogP contribution in [0, 0.1) is 5.92 Å². The number of ether oxygens (including phenoxy) is 2. The second-order valence-corrected chi connectivity index (χ2v) is 5.77. The van der Waals surface area contributed by atoms with Crippen LogP contribution in [0.4, 0.5) is 0 Å². The maximum atomic E-state index is 10.8.